The van der Waals surface area contributed by atoms with E-state index in [4.69, 9.17) is 9.84 Å². The van der Waals surface area contributed by atoms with Crippen LogP contribution < -0.4 is 4.74 Å². The molecule has 0 aliphatic carbocycles. The van der Waals surface area contributed by atoms with Crippen molar-refractivity contribution in [2.24, 2.45) is 0 Å². The first kappa shape index (κ1) is 10.4. The molecule has 1 atom stereocenters. The first-order valence-electron chi connectivity index (χ1n) is 4.17. The zero-order valence-corrected chi connectivity index (χ0v) is 8.67. The molecule has 0 aliphatic heterocycles. The van der Waals surface area contributed by atoms with Gasteiger partial charge >= 0.3 is 0 Å². The summed E-state index contributed by atoms with van der Waals surface area (Å²) in [6.07, 6.45) is -0.257. The highest BCUT2D eigenvalue weighted by Crippen LogP contribution is 2.21. The van der Waals surface area contributed by atoms with Crippen LogP contribution in [-0.4, -0.2) is 24.1 Å². The van der Waals surface area contributed by atoms with Crippen molar-refractivity contribution in [1.82, 2.24) is 0 Å². The minimum Gasteiger partial charge on any atom is -0.497 e. The second kappa shape index (κ2) is 5.14. The second-order valence-electron chi connectivity index (χ2n) is 2.84. The van der Waals surface area contributed by atoms with Gasteiger partial charge in [-0.15, -0.1) is 11.8 Å². The van der Waals surface area contributed by atoms with Gasteiger partial charge in [0.05, 0.1) is 13.2 Å². The van der Waals surface area contributed by atoms with Crippen LogP contribution in [-0.2, 0) is 0 Å². The van der Waals surface area contributed by atoms with E-state index in [1.165, 1.54) is 0 Å². The van der Waals surface area contributed by atoms with Gasteiger partial charge in [0, 0.05) is 10.6 Å². The van der Waals surface area contributed by atoms with Crippen molar-refractivity contribution in [2.75, 3.05) is 12.9 Å². The van der Waals surface area contributed by atoms with Gasteiger partial charge in [0.2, 0.25) is 0 Å². The molecular formula is C10H14O2S. The fourth-order valence-corrected chi connectivity index (χ4v) is 1.65. The van der Waals surface area contributed by atoms with Crippen LogP contribution in [0.1, 0.15) is 6.92 Å². The average molecular weight is 198 g/mol. The summed E-state index contributed by atoms with van der Waals surface area (Å²) in [5.41, 5.74) is 0. The molecule has 0 amide bonds. The zero-order valence-electron chi connectivity index (χ0n) is 7.86. The van der Waals surface area contributed by atoms with Crippen molar-refractivity contribution < 1.29 is 9.84 Å². The molecule has 1 aromatic carbocycles. The smallest absolute Gasteiger partial charge is 0.118 e. The highest BCUT2D eigenvalue weighted by Gasteiger charge is 1.98. The number of thioether (sulfide) groups is 1. The minimum atomic E-state index is -0.257. The first-order chi connectivity index (χ1) is 6.22. The van der Waals surface area contributed by atoms with Gasteiger partial charge in [-0.3, -0.25) is 0 Å². The molecule has 0 heterocycles. The van der Waals surface area contributed by atoms with E-state index in [0.29, 0.717) is 0 Å². The maximum absolute atomic E-state index is 9.07. The van der Waals surface area contributed by atoms with Crippen LogP contribution >= 0.6 is 11.8 Å². The molecule has 0 fully saturated rings. The van der Waals surface area contributed by atoms with Crippen LogP contribution in [0.3, 0.4) is 0 Å². The lowest BCUT2D eigenvalue weighted by molar-refractivity contribution is 0.220. The molecule has 0 aliphatic rings. The summed E-state index contributed by atoms with van der Waals surface area (Å²) in [6, 6.07) is 7.83. The van der Waals surface area contributed by atoms with E-state index in [-0.39, 0.29) is 6.10 Å². The molecule has 1 rings (SSSR count). The third-order valence-corrected chi connectivity index (χ3v) is 2.81. The van der Waals surface area contributed by atoms with E-state index < -0.39 is 0 Å². The highest BCUT2D eigenvalue weighted by molar-refractivity contribution is 7.99. The number of hydrogen-bond donors (Lipinski definition) is 1. The maximum atomic E-state index is 9.07. The highest BCUT2D eigenvalue weighted by atomic mass is 32.2. The predicted molar refractivity (Wildman–Crippen MR) is 55.4 cm³/mol. The van der Waals surface area contributed by atoms with Gasteiger partial charge in [-0.25, -0.2) is 0 Å². The molecule has 2 nitrogen and oxygen atoms in total. The summed E-state index contributed by atoms with van der Waals surface area (Å²) in [7, 11) is 1.65. The Balaban J connectivity index is 2.49. The van der Waals surface area contributed by atoms with Crippen LogP contribution in [0.5, 0.6) is 5.75 Å². The number of rotatable bonds is 4. The van der Waals surface area contributed by atoms with E-state index in [1.54, 1.807) is 25.8 Å². The van der Waals surface area contributed by atoms with E-state index in [9.17, 15) is 0 Å². The van der Waals surface area contributed by atoms with Crippen molar-refractivity contribution in [2.45, 2.75) is 17.9 Å². The molecule has 0 spiro atoms. The SMILES string of the molecule is COc1ccc(SCC(C)O)cc1. The van der Waals surface area contributed by atoms with Crippen molar-refractivity contribution in [3.63, 3.8) is 0 Å². The van der Waals surface area contributed by atoms with E-state index in [2.05, 4.69) is 0 Å². The molecule has 0 saturated carbocycles. The Morgan fingerprint density at radius 2 is 2.00 bits per heavy atom. The lowest BCUT2D eigenvalue weighted by atomic mass is 10.3. The predicted octanol–water partition coefficient (Wildman–Crippen LogP) is 2.17. The molecule has 1 aromatic rings. The molecule has 0 saturated heterocycles. The van der Waals surface area contributed by atoms with Crippen LogP contribution in [0.4, 0.5) is 0 Å². The Morgan fingerprint density at radius 3 is 2.46 bits per heavy atom. The zero-order chi connectivity index (χ0) is 9.68. The molecular weight excluding hydrogens is 184 g/mol. The molecule has 72 valence electrons. The number of benzene rings is 1. The summed E-state index contributed by atoms with van der Waals surface area (Å²) in [5, 5.41) is 9.07. The number of ether oxygens (including phenoxy) is 1. The molecule has 0 aromatic heterocycles. The standard InChI is InChI=1S/C10H14O2S/c1-8(11)7-13-10-5-3-9(12-2)4-6-10/h3-6,8,11H,7H2,1-2H3. The normalized spacial score (nSPS) is 12.5. The molecule has 1 unspecified atom stereocenters. The minimum absolute atomic E-state index is 0.257. The third-order valence-electron chi connectivity index (χ3n) is 1.55. The summed E-state index contributed by atoms with van der Waals surface area (Å²) < 4.78 is 5.04. The monoisotopic (exact) mass is 198 g/mol. The summed E-state index contributed by atoms with van der Waals surface area (Å²) in [6.45, 7) is 1.79. The second-order valence-corrected chi connectivity index (χ2v) is 3.93. The number of hydrogen-bond acceptors (Lipinski definition) is 3. The van der Waals surface area contributed by atoms with Gasteiger partial charge in [0.15, 0.2) is 0 Å². The lowest BCUT2D eigenvalue weighted by Crippen LogP contribution is -2.01. The molecule has 3 heteroatoms. The fourth-order valence-electron chi connectivity index (χ4n) is 0.889. The Morgan fingerprint density at radius 1 is 1.38 bits per heavy atom. The summed E-state index contributed by atoms with van der Waals surface area (Å²) in [4.78, 5) is 1.15. The molecule has 0 radical (unpaired) electrons. The van der Waals surface area contributed by atoms with Gasteiger partial charge in [0.1, 0.15) is 5.75 Å². The Bertz CT molecular complexity index is 244. The summed E-state index contributed by atoms with van der Waals surface area (Å²) >= 11 is 1.64. The van der Waals surface area contributed by atoms with Crippen molar-refractivity contribution >= 4 is 11.8 Å². The van der Waals surface area contributed by atoms with Crippen molar-refractivity contribution in [3.05, 3.63) is 24.3 Å². The van der Waals surface area contributed by atoms with Crippen LogP contribution in [0, 0.1) is 0 Å². The quantitative estimate of drug-likeness (QED) is 0.752. The van der Waals surface area contributed by atoms with Gasteiger partial charge < -0.3 is 9.84 Å². The van der Waals surface area contributed by atoms with E-state index >= 15 is 0 Å². The van der Waals surface area contributed by atoms with E-state index in [0.717, 1.165) is 16.4 Å². The number of aliphatic hydroxyl groups is 1. The van der Waals surface area contributed by atoms with Gasteiger partial charge in [-0.05, 0) is 31.2 Å². The first-order valence-corrected chi connectivity index (χ1v) is 5.16. The summed E-state index contributed by atoms with van der Waals surface area (Å²) in [5.74, 6) is 1.59. The van der Waals surface area contributed by atoms with E-state index in [1.807, 2.05) is 24.3 Å². The molecule has 1 N–H and O–H groups in total. The van der Waals surface area contributed by atoms with Gasteiger partial charge in [0.25, 0.3) is 0 Å². The fraction of sp³-hybridized carbons (Fsp3) is 0.400. The Hall–Kier alpha value is -0.670. The maximum Gasteiger partial charge on any atom is 0.118 e. The number of aliphatic hydroxyl groups excluding tert-OH is 1. The Kier molecular flexibility index (Phi) is 4.12. The van der Waals surface area contributed by atoms with Crippen molar-refractivity contribution in [1.29, 1.82) is 0 Å². The van der Waals surface area contributed by atoms with Crippen LogP contribution in [0.15, 0.2) is 29.2 Å². The lowest BCUT2D eigenvalue weighted by Gasteiger charge is -2.04. The third kappa shape index (κ3) is 3.70. The van der Waals surface area contributed by atoms with Crippen LogP contribution in [0.2, 0.25) is 0 Å². The topological polar surface area (TPSA) is 29.5 Å². The van der Waals surface area contributed by atoms with Crippen molar-refractivity contribution in [3.8, 4) is 5.75 Å². The van der Waals surface area contributed by atoms with Crippen LogP contribution in [0.25, 0.3) is 0 Å². The number of methoxy groups -OCH3 is 1. The largest absolute Gasteiger partial charge is 0.497 e. The average Bonchev–Trinajstić information content (AvgIpc) is 2.15. The molecule has 13 heavy (non-hydrogen) atoms. The van der Waals surface area contributed by atoms with Gasteiger partial charge in [-0.2, -0.15) is 0 Å². The Labute approximate surface area is 82.9 Å². The van der Waals surface area contributed by atoms with Gasteiger partial charge in [-0.1, -0.05) is 0 Å². The molecule has 0 bridgehead atoms.